The third kappa shape index (κ3) is 2.55. The molecule has 2 heterocycles. The molecule has 0 radical (unpaired) electrons. The van der Waals surface area contributed by atoms with E-state index < -0.39 is 18.3 Å². The number of hydrogen-bond donors (Lipinski definition) is 1. The fraction of sp³-hybridized carbons (Fsp3) is 0.538. The van der Waals surface area contributed by atoms with Gasteiger partial charge in [-0.05, 0) is 33.8 Å². The van der Waals surface area contributed by atoms with E-state index in [1.54, 1.807) is 13.1 Å². The van der Waals surface area contributed by atoms with E-state index in [1.807, 2.05) is 27.7 Å². The van der Waals surface area contributed by atoms with Gasteiger partial charge in [-0.1, -0.05) is 11.6 Å². The van der Waals surface area contributed by atoms with Gasteiger partial charge in [0.05, 0.1) is 27.4 Å². The molecular formula is C13H18BClN2O3. The zero-order valence-corrected chi connectivity index (χ0v) is 13.0. The van der Waals surface area contributed by atoms with Crippen molar-refractivity contribution in [1.82, 2.24) is 10.3 Å². The molecule has 0 bridgehead atoms. The Morgan fingerprint density at radius 3 is 2.30 bits per heavy atom. The molecule has 0 aliphatic carbocycles. The highest BCUT2D eigenvalue weighted by Gasteiger charge is 2.52. The molecular weight excluding hydrogens is 278 g/mol. The first-order valence-corrected chi connectivity index (χ1v) is 6.79. The van der Waals surface area contributed by atoms with Crippen molar-refractivity contribution in [2.45, 2.75) is 38.9 Å². The topological polar surface area (TPSA) is 60.5 Å². The van der Waals surface area contributed by atoms with Gasteiger partial charge in [0, 0.05) is 13.2 Å². The normalized spacial score (nSPS) is 20.0. The Hall–Kier alpha value is -1.11. The summed E-state index contributed by atoms with van der Waals surface area (Å²) in [6, 6.07) is 1.56. The number of nitrogens with zero attached hydrogens (tertiary/aromatic N) is 1. The van der Waals surface area contributed by atoms with E-state index in [0.29, 0.717) is 16.2 Å². The number of pyridine rings is 1. The maximum absolute atomic E-state index is 11.5. The van der Waals surface area contributed by atoms with Crippen LogP contribution in [0.5, 0.6) is 0 Å². The van der Waals surface area contributed by atoms with Gasteiger partial charge in [-0.25, -0.2) is 0 Å². The first-order valence-electron chi connectivity index (χ1n) is 6.41. The zero-order chi connectivity index (χ0) is 15.1. The van der Waals surface area contributed by atoms with E-state index in [0.717, 1.165) is 0 Å². The lowest BCUT2D eigenvalue weighted by Crippen LogP contribution is -2.41. The van der Waals surface area contributed by atoms with Gasteiger partial charge < -0.3 is 14.6 Å². The quantitative estimate of drug-likeness (QED) is 0.838. The highest BCUT2D eigenvalue weighted by molar-refractivity contribution is 6.64. The van der Waals surface area contributed by atoms with Gasteiger partial charge in [-0.15, -0.1) is 0 Å². The summed E-state index contributed by atoms with van der Waals surface area (Å²) < 4.78 is 11.8. The standard InChI is InChI=1S/C13H18BClN2O3/c1-12(2)13(3,4)20-14(19-12)10-9(15)6-8(7-17-10)11(18)16-5/h6-7H,1-5H3,(H,16,18). The molecule has 0 aromatic carbocycles. The molecule has 1 aliphatic heterocycles. The minimum absolute atomic E-state index is 0.236. The molecule has 7 heteroatoms. The Balaban J connectivity index is 2.30. The molecule has 0 spiro atoms. The number of amides is 1. The molecule has 0 atom stereocenters. The van der Waals surface area contributed by atoms with E-state index in [1.165, 1.54) is 6.20 Å². The molecule has 1 amide bonds. The van der Waals surface area contributed by atoms with E-state index in [2.05, 4.69) is 10.3 Å². The van der Waals surface area contributed by atoms with Crippen LogP contribution in [0.15, 0.2) is 12.3 Å². The summed E-state index contributed by atoms with van der Waals surface area (Å²) in [6.07, 6.45) is 1.46. The maximum atomic E-state index is 11.5. The minimum atomic E-state index is -0.633. The van der Waals surface area contributed by atoms with E-state index in [4.69, 9.17) is 20.9 Å². The average Bonchev–Trinajstić information content (AvgIpc) is 2.57. The molecule has 1 fully saturated rings. The summed E-state index contributed by atoms with van der Waals surface area (Å²) in [5.74, 6) is -0.236. The Kier molecular flexibility index (Phi) is 3.84. The molecule has 1 aromatic heterocycles. The second kappa shape index (κ2) is 5.02. The molecule has 1 aromatic rings. The van der Waals surface area contributed by atoms with Crippen LogP contribution < -0.4 is 10.9 Å². The largest absolute Gasteiger partial charge is 0.516 e. The van der Waals surface area contributed by atoms with Crippen molar-refractivity contribution in [1.29, 1.82) is 0 Å². The zero-order valence-electron chi connectivity index (χ0n) is 12.3. The molecule has 108 valence electrons. The molecule has 1 aliphatic rings. The minimum Gasteiger partial charge on any atom is -0.398 e. The molecule has 2 rings (SSSR count). The van der Waals surface area contributed by atoms with Crippen LogP contribution in [0.25, 0.3) is 0 Å². The molecule has 0 saturated carbocycles. The van der Waals surface area contributed by atoms with Crippen molar-refractivity contribution in [3.63, 3.8) is 0 Å². The van der Waals surface area contributed by atoms with Crippen molar-refractivity contribution in [2.75, 3.05) is 7.05 Å². The van der Waals surface area contributed by atoms with E-state index >= 15 is 0 Å². The van der Waals surface area contributed by atoms with E-state index in [-0.39, 0.29) is 5.91 Å². The molecule has 5 nitrogen and oxygen atoms in total. The van der Waals surface area contributed by atoms with Gasteiger partial charge >= 0.3 is 7.12 Å². The highest BCUT2D eigenvalue weighted by atomic mass is 35.5. The van der Waals surface area contributed by atoms with Crippen molar-refractivity contribution in [2.24, 2.45) is 0 Å². The monoisotopic (exact) mass is 296 g/mol. The molecule has 20 heavy (non-hydrogen) atoms. The van der Waals surface area contributed by atoms with Crippen LogP contribution in [0, 0.1) is 0 Å². The summed E-state index contributed by atoms with van der Waals surface area (Å²) in [5, 5.41) is 2.88. The smallest absolute Gasteiger partial charge is 0.398 e. The number of halogens is 1. The van der Waals surface area contributed by atoms with Crippen LogP contribution in [0.2, 0.25) is 5.02 Å². The van der Waals surface area contributed by atoms with Crippen molar-refractivity contribution in [3.05, 3.63) is 22.8 Å². The number of hydrogen-bond acceptors (Lipinski definition) is 4. The maximum Gasteiger partial charge on any atom is 0.516 e. The summed E-state index contributed by atoms with van der Waals surface area (Å²) in [4.78, 5) is 15.7. The first-order chi connectivity index (χ1) is 9.18. The van der Waals surface area contributed by atoms with Gasteiger partial charge in [-0.2, -0.15) is 0 Å². The average molecular weight is 297 g/mol. The van der Waals surface area contributed by atoms with E-state index in [9.17, 15) is 4.79 Å². The van der Waals surface area contributed by atoms with Crippen LogP contribution in [-0.4, -0.2) is 36.3 Å². The third-order valence-electron chi connectivity index (χ3n) is 3.84. The molecule has 1 N–H and O–H groups in total. The first kappa shape index (κ1) is 15.3. The summed E-state index contributed by atoms with van der Waals surface area (Å²) in [6.45, 7) is 7.83. The Morgan fingerprint density at radius 2 is 1.85 bits per heavy atom. The van der Waals surface area contributed by atoms with Gasteiger partial charge in [0.15, 0.2) is 0 Å². The van der Waals surface area contributed by atoms with Crippen molar-refractivity contribution in [3.8, 4) is 0 Å². The lowest BCUT2D eigenvalue weighted by Gasteiger charge is -2.32. The van der Waals surface area contributed by atoms with Gasteiger partial charge in [0.2, 0.25) is 0 Å². The lowest BCUT2D eigenvalue weighted by molar-refractivity contribution is 0.00578. The fourth-order valence-electron chi connectivity index (χ4n) is 1.85. The SMILES string of the molecule is CNC(=O)c1cnc(B2OC(C)(C)C(C)(C)O2)c(Cl)c1. The predicted octanol–water partition coefficient (Wildman–Crippen LogP) is 1.39. The van der Waals surface area contributed by atoms with Gasteiger partial charge in [-0.3, -0.25) is 9.78 Å². The third-order valence-corrected chi connectivity index (χ3v) is 4.14. The Morgan fingerprint density at radius 1 is 1.30 bits per heavy atom. The van der Waals surface area contributed by atoms with Crippen molar-refractivity contribution < 1.29 is 14.1 Å². The Labute approximate surface area is 124 Å². The second-order valence-electron chi connectivity index (χ2n) is 5.76. The number of carbonyl (C=O) groups excluding carboxylic acids is 1. The Bertz CT molecular complexity index is 532. The molecule has 1 saturated heterocycles. The number of rotatable bonds is 2. The molecule has 0 unspecified atom stereocenters. The number of aromatic nitrogens is 1. The second-order valence-corrected chi connectivity index (χ2v) is 6.17. The van der Waals surface area contributed by atoms with Crippen LogP contribution in [-0.2, 0) is 9.31 Å². The van der Waals surface area contributed by atoms with Crippen molar-refractivity contribution >= 4 is 30.2 Å². The summed E-state index contributed by atoms with van der Waals surface area (Å²) in [5.41, 5.74) is -0.0275. The summed E-state index contributed by atoms with van der Waals surface area (Å²) in [7, 11) is 0.921. The van der Waals surface area contributed by atoms with Crippen LogP contribution >= 0.6 is 11.6 Å². The van der Waals surface area contributed by atoms with Crippen LogP contribution in [0.3, 0.4) is 0 Å². The lowest BCUT2D eigenvalue weighted by atomic mass is 9.84. The van der Waals surface area contributed by atoms with Crippen LogP contribution in [0.1, 0.15) is 38.1 Å². The van der Waals surface area contributed by atoms with Gasteiger partial charge in [0.25, 0.3) is 5.91 Å². The predicted molar refractivity (Wildman–Crippen MR) is 78.4 cm³/mol. The fourth-order valence-corrected chi connectivity index (χ4v) is 2.10. The van der Waals surface area contributed by atoms with Crippen LogP contribution in [0.4, 0.5) is 0 Å². The number of nitrogens with one attached hydrogen (secondary N) is 1. The number of carbonyl (C=O) groups is 1. The van der Waals surface area contributed by atoms with Gasteiger partial charge in [0.1, 0.15) is 0 Å². The highest BCUT2D eigenvalue weighted by Crippen LogP contribution is 2.36. The summed E-state index contributed by atoms with van der Waals surface area (Å²) >= 11 is 6.19.